The zero-order valence-corrected chi connectivity index (χ0v) is 18.1. The van der Waals surface area contributed by atoms with Gasteiger partial charge in [-0.05, 0) is 39.2 Å². The van der Waals surface area contributed by atoms with Crippen LogP contribution in [0.25, 0.3) is 0 Å². The summed E-state index contributed by atoms with van der Waals surface area (Å²) in [5, 5.41) is 6.83. The van der Waals surface area contributed by atoms with Crippen molar-refractivity contribution < 1.29 is 4.79 Å². The minimum atomic E-state index is 0.0480. The fraction of sp³-hybridized carbons (Fsp3) is 0.636. The van der Waals surface area contributed by atoms with E-state index in [0.717, 1.165) is 31.2 Å². The van der Waals surface area contributed by atoms with Crippen LogP contribution in [0, 0.1) is 5.92 Å². The Kier molecular flexibility index (Phi) is 8.77. The van der Waals surface area contributed by atoms with Gasteiger partial charge in [0.05, 0.1) is 0 Å². The number of hydrogen-bond donors (Lipinski definition) is 2. The third-order valence-electron chi connectivity index (χ3n) is 5.36. The standard InChI is InChI=1S/C22H37N5O/c1-6-23-22(25-20-16-27(17(3)4)14-18(20)5)24-13-21(28)26(7-2)15-19-11-9-8-10-12-19/h8-12,17-18,20H,6-7,13-16H2,1-5H3,(H2,23,24,25). The van der Waals surface area contributed by atoms with Crippen LogP contribution in [0.15, 0.2) is 35.3 Å². The fourth-order valence-corrected chi connectivity index (χ4v) is 3.54. The molecule has 1 aromatic carbocycles. The minimum absolute atomic E-state index is 0.0480. The lowest BCUT2D eigenvalue weighted by Gasteiger charge is -2.23. The average molecular weight is 388 g/mol. The number of carbonyl (C=O) groups is 1. The first-order chi connectivity index (χ1) is 13.4. The summed E-state index contributed by atoms with van der Waals surface area (Å²) in [6.07, 6.45) is 0. The van der Waals surface area contributed by atoms with E-state index in [2.05, 4.69) is 41.3 Å². The summed E-state index contributed by atoms with van der Waals surface area (Å²) in [7, 11) is 0. The molecular weight excluding hydrogens is 350 g/mol. The molecule has 1 amide bonds. The van der Waals surface area contributed by atoms with Gasteiger partial charge in [-0.25, -0.2) is 4.99 Å². The van der Waals surface area contributed by atoms with E-state index < -0.39 is 0 Å². The number of amides is 1. The van der Waals surface area contributed by atoms with Crippen molar-refractivity contribution in [3.63, 3.8) is 0 Å². The van der Waals surface area contributed by atoms with Gasteiger partial charge in [-0.15, -0.1) is 0 Å². The van der Waals surface area contributed by atoms with Crippen molar-refractivity contribution in [2.45, 2.75) is 53.2 Å². The maximum absolute atomic E-state index is 12.7. The average Bonchev–Trinajstić information content (AvgIpc) is 3.05. The first-order valence-electron chi connectivity index (χ1n) is 10.5. The molecule has 1 heterocycles. The number of nitrogens with one attached hydrogen (secondary N) is 2. The van der Waals surface area contributed by atoms with E-state index in [1.165, 1.54) is 0 Å². The molecule has 2 unspecified atom stereocenters. The van der Waals surface area contributed by atoms with Crippen molar-refractivity contribution in [2.24, 2.45) is 10.9 Å². The van der Waals surface area contributed by atoms with Crippen LogP contribution in [-0.4, -0.2) is 66.5 Å². The monoisotopic (exact) mass is 387 g/mol. The van der Waals surface area contributed by atoms with E-state index in [1.54, 1.807) is 0 Å². The van der Waals surface area contributed by atoms with Crippen LogP contribution in [0.2, 0.25) is 0 Å². The van der Waals surface area contributed by atoms with Crippen molar-refractivity contribution in [1.82, 2.24) is 20.4 Å². The number of likely N-dealkylation sites (tertiary alicyclic amines) is 1. The molecule has 2 rings (SSSR count). The van der Waals surface area contributed by atoms with Gasteiger partial charge in [0, 0.05) is 44.8 Å². The van der Waals surface area contributed by atoms with E-state index in [1.807, 2.05) is 49.1 Å². The largest absolute Gasteiger partial charge is 0.357 e. The molecule has 0 aromatic heterocycles. The Morgan fingerprint density at radius 1 is 1.25 bits per heavy atom. The number of hydrogen-bond acceptors (Lipinski definition) is 3. The smallest absolute Gasteiger partial charge is 0.244 e. The Morgan fingerprint density at radius 2 is 1.96 bits per heavy atom. The number of carbonyl (C=O) groups excluding carboxylic acids is 1. The molecule has 2 N–H and O–H groups in total. The van der Waals surface area contributed by atoms with Crippen molar-refractivity contribution in [2.75, 3.05) is 32.7 Å². The first-order valence-corrected chi connectivity index (χ1v) is 10.5. The van der Waals surface area contributed by atoms with Crippen LogP contribution >= 0.6 is 0 Å². The molecule has 1 fully saturated rings. The highest BCUT2D eigenvalue weighted by Gasteiger charge is 2.31. The molecule has 1 saturated heterocycles. The molecule has 28 heavy (non-hydrogen) atoms. The first kappa shape index (κ1) is 22.2. The Bertz CT molecular complexity index is 631. The van der Waals surface area contributed by atoms with Gasteiger partial charge in [-0.3, -0.25) is 9.69 Å². The lowest BCUT2D eigenvalue weighted by molar-refractivity contribution is -0.130. The van der Waals surface area contributed by atoms with Crippen LogP contribution < -0.4 is 10.6 Å². The highest BCUT2D eigenvalue weighted by Crippen LogP contribution is 2.18. The molecule has 0 saturated carbocycles. The van der Waals surface area contributed by atoms with E-state index in [-0.39, 0.29) is 12.5 Å². The van der Waals surface area contributed by atoms with Gasteiger partial charge >= 0.3 is 0 Å². The van der Waals surface area contributed by atoms with Gasteiger partial charge in [0.2, 0.25) is 5.91 Å². The second-order valence-electron chi connectivity index (χ2n) is 7.86. The summed E-state index contributed by atoms with van der Waals surface area (Å²) < 4.78 is 0. The summed E-state index contributed by atoms with van der Waals surface area (Å²) in [5.41, 5.74) is 1.14. The molecule has 0 radical (unpaired) electrons. The number of nitrogens with zero attached hydrogens (tertiary/aromatic N) is 3. The van der Waals surface area contributed by atoms with Crippen LogP contribution in [0.1, 0.15) is 40.2 Å². The van der Waals surface area contributed by atoms with Gasteiger partial charge in [-0.1, -0.05) is 37.3 Å². The third-order valence-corrected chi connectivity index (χ3v) is 5.36. The Labute approximate surface area is 170 Å². The van der Waals surface area contributed by atoms with E-state index in [0.29, 0.717) is 31.1 Å². The number of guanidine groups is 1. The van der Waals surface area contributed by atoms with Gasteiger partial charge in [0.15, 0.2) is 5.96 Å². The molecule has 1 aliphatic rings. The predicted octanol–water partition coefficient (Wildman–Crippen LogP) is 2.32. The zero-order valence-electron chi connectivity index (χ0n) is 18.1. The molecular formula is C22H37N5O. The van der Waals surface area contributed by atoms with Gasteiger partial charge in [0.1, 0.15) is 6.54 Å². The van der Waals surface area contributed by atoms with Crippen LogP contribution in [0.3, 0.4) is 0 Å². The Hall–Kier alpha value is -2.08. The summed E-state index contributed by atoms with van der Waals surface area (Å²) in [5.74, 6) is 1.33. The zero-order chi connectivity index (χ0) is 20.5. The highest BCUT2D eigenvalue weighted by atomic mass is 16.2. The van der Waals surface area contributed by atoms with Crippen LogP contribution in [0.5, 0.6) is 0 Å². The van der Waals surface area contributed by atoms with Gasteiger partial charge < -0.3 is 15.5 Å². The number of rotatable bonds is 8. The summed E-state index contributed by atoms with van der Waals surface area (Å²) in [6, 6.07) is 11.0. The number of aliphatic imine (C=N–C) groups is 1. The van der Waals surface area contributed by atoms with Crippen LogP contribution in [-0.2, 0) is 11.3 Å². The lowest BCUT2D eigenvalue weighted by Crippen LogP contribution is -2.47. The Morgan fingerprint density at radius 3 is 2.54 bits per heavy atom. The molecule has 0 bridgehead atoms. The minimum Gasteiger partial charge on any atom is -0.357 e. The fourth-order valence-electron chi connectivity index (χ4n) is 3.54. The van der Waals surface area contributed by atoms with E-state index >= 15 is 0 Å². The second-order valence-corrected chi connectivity index (χ2v) is 7.86. The summed E-state index contributed by atoms with van der Waals surface area (Å²) >= 11 is 0. The molecule has 0 spiro atoms. The normalized spacial score (nSPS) is 20.4. The molecule has 1 aromatic rings. The van der Waals surface area contributed by atoms with Crippen LogP contribution in [0.4, 0.5) is 0 Å². The Balaban J connectivity index is 1.96. The van der Waals surface area contributed by atoms with E-state index in [4.69, 9.17) is 0 Å². The van der Waals surface area contributed by atoms with Crippen molar-refractivity contribution >= 4 is 11.9 Å². The molecule has 6 heteroatoms. The molecule has 156 valence electrons. The highest BCUT2D eigenvalue weighted by molar-refractivity contribution is 5.85. The topological polar surface area (TPSA) is 60.0 Å². The molecule has 1 aliphatic heterocycles. The maximum Gasteiger partial charge on any atom is 0.244 e. The predicted molar refractivity (Wildman–Crippen MR) is 116 cm³/mol. The molecule has 0 aliphatic carbocycles. The molecule has 6 nitrogen and oxygen atoms in total. The summed E-state index contributed by atoms with van der Waals surface area (Å²) in [4.78, 5) is 21.6. The maximum atomic E-state index is 12.7. The second kappa shape index (κ2) is 11.1. The number of benzene rings is 1. The van der Waals surface area contributed by atoms with Crippen molar-refractivity contribution in [3.8, 4) is 0 Å². The lowest BCUT2D eigenvalue weighted by atomic mass is 10.1. The quantitative estimate of drug-likeness (QED) is 0.531. The SMILES string of the molecule is CCNC(=NCC(=O)N(CC)Cc1ccccc1)NC1CN(C(C)C)CC1C. The summed E-state index contributed by atoms with van der Waals surface area (Å²) in [6.45, 7) is 15.1. The molecule has 2 atom stereocenters. The van der Waals surface area contributed by atoms with Crippen molar-refractivity contribution in [1.29, 1.82) is 0 Å². The van der Waals surface area contributed by atoms with Crippen molar-refractivity contribution in [3.05, 3.63) is 35.9 Å². The van der Waals surface area contributed by atoms with E-state index in [9.17, 15) is 4.79 Å². The van der Waals surface area contributed by atoms with Gasteiger partial charge in [-0.2, -0.15) is 0 Å². The third kappa shape index (κ3) is 6.51. The number of likely N-dealkylation sites (N-methyl/N-ethyl adjacent to an activating group) is 1. The van der Waals surface area contributed by atoms with Gasteiger partial charge in [0.25, 0.3) is 0 Å².